The number of allylic oxidation sites excluding steroid dienone is 7. The van der Waals surface area contributed by atoms with Gasteiger partial charge in [-0.25, -0.2) is 0 Å². The van der Waals surface area contributed by atoms with Crippen LogP contribution in [-0.4, -0.2) is 140 Å². The van der Waals surface area contributed by atoms with E-state index in [0.29, 0.717) is 12.8 Å². The molecule has 2 aliphatic heterocycles. The Morgan fingerprint density at radius 1 is 0.479 bits per heavy atom. The van der Waals surface area contributed by atoms with Crippen molar-refractivity contribution in [2.75, 3.05) is 19.8 Å². The summed E-state index contributed by atoms with van der Waals surface area (Å²) in [5.41, 5.74) is 0. The third-order valence-corrected chi connectivity index (χ3v) is 14.2. The number of hydrogen-bond donors (Lipinski definition) is 9. The van der Waals surface area contributed by atoms with Crippen molar-refractivity contribution in [3.63, 3.8) is 0 Å². The molecule has 0 spiro atoms. The summed E-state index contributed by atoms with van der Waals surface area (Å²) < 4.78 is 22.7. The van der Waals surface area contributed by atoms with Gasteiger partial charge in [0.1, 0.15) is 48.8 Å². The molecule has 73 heavy (non-hydrogen) atoms. The van der Waals surface area contributed by atoms with Gasteiger partial charge in [-0.1, -0.05) is 197 Å². The van der Waals surface area contributed by atoms with E-state index in [9.17, 15) is 45.6 Å². The summed E-state index contributed by atoms with van der Waals surface area (Å²) in [5.74, 6) is -0.263. The van der Waals surface area contributed by atoms with Gasteiger partial charge in [-0.05, 0) is 70.6 Å². The lowest BCUT2D eigenvalue weighted by molar-refractivity contribution is -0.359. The zero-order valence-electron chi connectivity index (χ0n) is 45.6. The highest BCUT2D eigenvalue weighted by Gasteiger charge is 2.51. The number of amides is 1. The van der Waals surface area contributed by atoms with Crippen molar-refractivity contribution in [2.24, 2.45) is 0 Å². The maximum atomic E-state index is 13.2. The second kappa shape index (κ2) is 45.0. The molecule has 14 heteroatoms. The Bertz CT molecular complexity index is 1410. The first kappa shape index (κ1) is 67.1. The Hall–Kier alpha value is -2.05. The van der Waals surface area contributed by atoms with Crippen molar-refractivity contribution >= 4 is 5.91 Å². The molecule has 9 N–H and O–H groups in total. The maximum absolute atomic E-state index is 13.2. The topological polar surface area (TPSA) is 228 Å². The summed E-state index contributed by atoms with van der Waals surface area (Å²) in [6, 6.07) is -0.942. The molecule has 0 radical (unpaired) electrons. The van der Waals surface area contributed by atoms with Crippen LogP contribution in [-0.2, 0) is 23.7 Å². The average molecular weight is 1040 g/mol. The molecule has 2 aliphatic rings. The van der Waals surface area contributed by atoms with Crippen LogP contribution in [0.4, 0.5) is 0 Å². The average Bonchev–Trinajstić information content (AvgIpc) is 3.39. The number of carbonyl (C=O) groups excluding carboxylic acids is 1. The normalized spacial score (nSPS) is 25.7. The minimum Gasteiger partial charge on any atom is -0.394 e. The van der Waals surface area contributed by atoms with Crippen molar-refractivity contribution in [1.29, 1.82) is 0 Å². The Labute approximate surface area is 442 Å². The van der Waals surface area contributed by atoms with Crippen LogP contribution in [0.25, 0.3) is 0 Å². The number of unbranched alkanes of at least 4 members (excludes halogenated alkanes) is 27. The molecule has 12 unspecified atom stereocenters. The summed E-state index contributed by atoms with van der Waals surface area (Å²) in [6.07, 6.45) is 38.7. The van der Waals surface area contributed by atoms with Crippen molar-refractivity contribution in [1.82, 2.24) is 5.32 Å². The molecule has 2 rings (SSSR count). The van der Waals surface area contributed by atoms with Crippen molar-refractivity contribution in [3.8, 4) is 0 Å². The summed E-state index contributed by atoms with van der Waals surface area (Å²) in [7, 11) is 0. The number of aliphatic hydroxyl groups excluding tert-OH is 8. The first-order chi connectivity index (χ1) is 35.6. The molecule has 0 aliphatic carbocycles. The van der Waals surface area contributed by atoms with Gasteiger partial charge in [-0.2, -0.15) is 0 Å². The van der Waals surface area contributed by atoms with Crippen LogP contribution in [0, 0.1) is 0 Å². The van der Waals surface area contributed by atoms with E-state index in [4.69, 9.17) is 18.9 Å². The Morgan fingerprint density at radius 2 is 0.877 bits per heavy atom. The molecule has 0 aromatic carbocycles. The van der Waals surface area contributed by atoms with Crippen molar-refractivity contribution < 1.29 is 64.6 Å². The fourth-order valence-electron chi connectivity index (χ4n) is 9.44. The molecular formula is C59H107NO13. The fraction of sp³-hybridized carbons (Fsp3) is 0.847. The van der Waals surface area contributed by atoms with Crippen LogP contribution in [0.2, 0.25) is 0 Å². The van der Waals surface area contributed by atoms with E-state index in [1.807, 2.05) is 6.08 Å². The summed E-state index contributed by atoms with van der Waals surface area (Å²) in [4.78, 5) is 13.2. The smallest absolute Gasteiger partial charge is 0.220 e. The molecule has 14 nitrogen and oxygen atoms in total. The van der Waals surface area contributed by atoms with E-state index in [2.05, 4.69) is 55.6 Å². The van der Waals surface area contributed by atoms with Gasteiger partial charge in [0.25, 0.3) is 0 Å². The van der Waals surface area contributed by atoms with Crippen LogP contribution in [0.15, 0.2) is 48.6 Å². The van der Waals surface area contributed by atoms with Crippen LogP contribution in [0.3, 0.4) is 0 Å². The van der Waals surface area contributed by atoms with E-state index in [1.165, 1.54) is 128 Å². The maximum Gasteiger partial charge on any atom is 0.220 e. The molecule has 2 fully saturated rings. The second-order valence-electron chi connectivity index (χ2n) is 20.7. The van der Waals surface area contributed by atoms with E-state index in [0.717, 1.165) is 64.2 Å². The van der Waals surface area contributed by atoms with E-state index >= 15 is 0 Å². The molecule has 0 aromatic heterocycles. The number of ether oxygens (including phenoxy) is 4. The van der Waals surface area contributed by atoms with Crippen molar-refractivity contribution in [3.05, 3.63) is 48.6 Å². The predicted octanol–water partition coefficient (Wildman–Crippen LogP) is 9.61. The number of hydrogen-bond acceptors (Lipinski definition) is 13. The third-order valence-electron chi connectivity index (χ3n) is 14.2. The van der Waals surface area contributed by atoms with Gasteiger partial charge in [0.15, 0.2) is 12.6 Å². The van der Waals surface area contributed by atoms with Crippen LogP contribution in [0.1, 0.15) is 226 Å². The first-order valence-corrected chi connectivity index (χ1v) is 29.4. The van der Waals surface area contributed by atoms with E-state index in [1.54, 1.807) is 6.08 Å². The minimum absolute atomic E-state index is 0.259. The standard InChI is InChI=1S/C59H107NO13/c1-3-5-7-9-11-13-15-17-19-20-21-22-23-24-25-26-27-28-29-30-32-34-36-38-40-42-48(63)47(60-51(64)43-41-39-37-35-33-31-18-16-14-12-10-8-6-4-2)46-70-58-56(69)54(67)57(50(45-62)72-58)73-59-55(68)53(66)52(65)49(44-61)71-59/h16,18,27-28,32,34,40,42,47-50,52-59,61-63,65-69H,3-15,17,19-26,29-31,33,35-39,41,43-46H2,1-2H3,(H,60,64)/b18-16-,28-27+,34-32+,42-40+. The number of aliphatic hydroxyl groups is 8. The number of rotatable bonds is 46. The van der Waals surface area contributed by atoms with Crippen molar-refractivity contribution in [2.45, 2.75) is 299 Å². The number of carbonyl (C=O) groups is 1. The van der Waals surface area contributed by atoms with Crippen LogP contribution >= 0.6 is 0 Å². The lowest BCUT2D eigenvalue weighted by atomic mass is 9.97. The highest BCUT2D eigenvalue weighted by Crippen LogP contribution is 2.30. The molecule has 1 amide bonds. The summed E-state index contributed by atoms with van der Waals surface area (Å²) in [5, 5.41) is 86.9. The second-order valence-corrected chi connectivity index (χ2v) is 20.7. The summed E-state index contributed by atoms with van der Waals surface area (Å²) >= 11 is 0. The molecule has 2 heterocycles. The van der Waals surface area contributed by atoms with Gasteiger partial charge < -0.3 is 65.1 Å². The van der Waals surface area contributed by atoms with Crippen LogP contribution in [0.5, 0.6) is 0 Å². The van der Waals surface area contributed by atoms with Gasteiger partial charge in [0.2, 0.25) is 5.91 Å². The largest absolute Gasteiger partial charge is 0.394 e. The van der Waals surface area contributed by atoms with Gasteiger partial charge in [-0.15, -0.1) is 0 Å². The zero-order valence-corrected chi connectivity index (χ0v) is 45.6. The van der Waals surface area contributed by atoms with E-state index in [-0.39, 0.29) is 18.9 Å². The molecule has 2 saturated heterocycles. The predicted molar refractivity (Wildman–Crippen MR) is 291 cm³/mol. The molecule has 0 aromatic rings. The fourth-order valence-corrected chi connectivity index (χ4v) is 9.44. The lowest BCUT2D eigenvalue weighted by Crippen LogP contribution is -2.65. The Morgan fingerprint density at radius 3 is 1.34 bits per heavy atom. The summed E-state index contributed by atoms with van der Waals surface area (Å²) in [6.45, 7) is 2.76. The quantitative estimate of drug-likeness (QED) is 0.0205. The van der Waals surface area contributed by atoms with E-state index < -0.39 is 86.8 Å². The first-order valence-electron chi connectivity index (χ1n) is 29.4. The van der Waals surface area contributed by atoms with Gasteiger partial charge in [0.05, 0.1) is 32.0 Å². The zero-order chi connectivity index (χ0) is 53.2. The van der Waals surface area contributed by atoms with Crippen LogP contribution < -0.4 is 5.32 Å². The number of nitrogens with one attached hydrogen (secondary N) is 1. The molecule has 0 bridgehead atoms. The van der Waals surface area contributed by atoms with Gasteiger partial charge >= 0.3 is 0 Å². The third kappa shape index (κ3) is 31.1. The highest BCUT2D eigenvalue weighted by atomic mass is 16.7. The highest BCUT2D eigenvalue weighted by molar-refractivity contribution is 5.76. The van der Waals surface area contributed by atoms with Gasteiger partial charge in [-0.3, -0.25) is 4.79 Å². The molecule has 0 saturated carbocycles. The lowest BCUT2D eigenvalue weighted by Gasteiger charge is -2.46. The molecular weight excluding hydrogens is 931 g/mol. The SMILES string of the molecule is CCCCCCC/C=C\CCCCCCCC(=O)NC(COC1OC(CO)C(OC2OC(CO)C(O)C(O)C2O)C(O)C1O)C(O)/C=C/CC/C=C/CC/C=C/CCCCCCCCCCCCCCCCC. The molecule has 12 atom stereocenters. The Kier molecular flexibility index (Phi) is 41.4. The Balaban J connectivity index is 1.79. The van der Waals surface area contributed by atoms with Gasteiger partial charge in [0, 0.05) is 6.42 Å². The minimum atomic E-state index is -1.79. The monoisotopic (exact) mass is 1040 g/mol. The molecule has 426 valence electrons.